The third-order valence-electron chi connectivity index (χ3n) is 1.79. The molecule has 0 aliphatic carbocycles. The molecular formula is C11H15P. The van der Waals surface area contributed by atoms with Gasteiger partial charge in [-0.1, -0.05) is 49.4 Å². The molecular weight excluding hydrogens is 163 g/mol. The van der Waals surface area contributed by atoms with Gasteiger partial charge in [-0.25, -0.2) is 0 Å². The van der Waals surface area contributed by atoms with Gasteiger partial charge in [-0.3, -0.25) is 0 Å². The molecule has 0 saturated heterocycles. The van der Waals surface area contributed by atoms with E-state index < -0.39 is 0 Å². The van der Waals surface area contributed by atoms with Gasteiger partial charge < -0.3 is 0 Å². The summed E-state index contributed by atoms with van der Waals surface area (Å²) in [5, 5.41) is 0. The van der Waals surface area contributed by atoms with E-state index >= 15 is 0 Å². The molecule has 1 aromatic carbocycles. The van der Waals surface area contributed by atoms with Crippen LogP contribution in [0.4, 0.5) is 0 Å². The summed E-state index contributed by atoms with van der Waals surface area (Å²) in [5.41, 5.74) is 1.28. The minimum Gasteiger partial charge on any atom is -0.137 e. The van der Waals surface area contributed by atoms with Crippen molar-refractivity contribution in [2.75, 3.05) is 6.16 Å². The zero-order valence-electron chi connectivity index (χ0n) is 7.40. The summed E-state index contributed by atoms with van der Waals surface area (Å²) in [5.74, 6) is 0.648. The minimum atomic E-state index is 0.648. The summed E-state index contributed by atoms with van der Waals surface area (Å²) >= 11 is 0. The summed E-state index contributed by atoms with van der Waals surface area (Å²) in [6, 6.07) is 10.4. The number of hydrogen-bond acceptors (Lipinski definition) is 0. The lowest BCUT2D eigenvalue weighted by Gasteiger charge is -1.98. The van der Waals surface area contributed by atoms with Crippen LogP contribution in [0.3, 0.4) is 0 Å². The van der Waals surface area contributed by atoms with Gasteiger partial charge >= 0.3 is 0 Å². The molecule has 0 amide bonds. The van der Waals surface area contributed by atoms with Gasteiger partial charge in [-0.05, 0) is 17.6 Å². The second-order valence-corrected chi connectivity index (χ2v) is 3.45. The Morgan fingerprint density at radius 2 is 2.00 bits per heavy atom. The fourth-order valence-corrected chi connectivity index (χ4v) is 1.08. The lowest BCUT2D eigenvalue weighted by molar-refractivity contribution is 0.852. The maximum atomic E-state index is 2.75. The Balaban J connectivity index is 2.58. The molecule has 2 unspecified atom stereocenters. The molecule has 1 heteroatoms. The van der Waals surface area contributed by atoms with E-state index in [9.17, 15) is 0 Å². The maximum Gasteiger partial charge on any atom is -0.0224 e. The van der Waals surface area contributed by atoms with Crippen molar-refractivity contribution in [3.8, 4) is 0 Å². The first-order chi connectivity index (χ1) is 5.83. The van der Waals surface area contributed by atoms with Gasteiger partial charge in [0.1, 0.15) is 0 Å². The van der Waals surface area contributed by atoms with Gasteiger partial charge in [0.25, 0.3) is 0 Å². The van der Waals surface area contributed by atoms with Crippen molar-refractivity contribution in [2.24, 2.45) is 5.92 Å². The van der Waals surface area contributed by atoms with Gasteiger partial charge in [-0.15, -0.1) is 9.24 Å². The first-order valence-electron chi connectivity index (χ1n) is 4.26. The van der Waals surface area contributed by atoms with Crippen molar-refractivity contribution in [2.45, 2.75) is 6.92 Å². The third kappa shape index (κ3) is 3.19. The lowest BCUT2D eigenvalue weighted by Crippen LogP contribution is -1.87. The van der Waals surface area contributed by atoms with Crippen LogP contribution in [0.15, 0.2) is 36.4 Å². The molecule has 0 aliphatic heterocycles. The zero-order valence-corrected chi connectivity index (χ0v) is 8.56. The van der Waals surface area contributed by atoms with Crippen molar-refractivity contribution >= 4 is 15.3 Å². The van der Waals surface area contributed by atoms with Crippen molar-refractivity contribution in [1.82, 2.24) is 0 Å². The predicted octanol–water partition coefficient (Wildman–Crippen LogP) is 3.21. The number of allylic oxidation sites excluding steroid dienone is 1. The molecule has 0 radical (unpaired) electrons. The van der Waals surface area contributed by atoms with E-state index in [0.717, 1.165) is 6.16 Å². The quantitative estimate of drug-likeness (QED) is 0.623. The van der Waals surface area contributed by atoms with Crippen LogP contribution in [0.1, 0.15) is 12.5 Å². The molecule has 2 atom stereocenters. The van der Waals surface area contributed by atoms with Crippen molar-refractivity contribution in [1.29, 1.82) is 0 Å². The van der Waals surface area contributed by atoms with Crippen LogP contribution in [0, 0.1) is 5.92 Å². The van der Waals surface area contributed by atoms with Crippen LogP contribution in [0.5, 0.6) is 0 Å². The van der Waals surface area contributed by atoms with E-state index in [1.807, 2.05) is 6.07 Å². The average Bonchev–Trinajstić information content (AvgIpc) is 2.16. The van der Waals surface area contributed by atoms with Crippen molar-refractivity contribution in [3.05, 3.63) is 42.0 Å². The molecule has 0 saturated carbocycles. The largest absolute Gasteiger partial charge is 0.137 e. The van der Waals surface area contributed by atoms with E-state index in [0.29, 0.717) is 5.92 Å². The molecule has 0 fully saturated rings. The topological polar surface area (TPSA) is 0 Å². The second-order valence-electron chi connectivity index (χ2n) is 2.98. The SMILES string of the molecule is CC(C=Cc1ccccc1)CP. The highest BCUT2D eigenvalue weighted by Gasteiger charge is 1.90. The van der Waals surface area contributed by atoms with Crippen LogP contribution >= 0.6 is 9.24 Å². The fraction of sp³-hybridized carbons (Fsp3) is 0.273. The fourth-order valence-electron chi connectivity index (χ4n) is 0.918. The third-order valence-corrected chi connectivity index (χ3v) is 2.53. The van der Waals surface area contributed by atoms with E-state index in [-0.39, 0.29) is 0 Å². The van der Waals surface area contributed by atoms with Gasteiger partial charge in [0, 0.05) is 0 Å². The second kappa shape index (κ2) is 5.11. The molecule has 0 N–H and O–H groups in total. The van der Waals surface area contributed by atoms with Crippen LogP contribution in [0.2, 0.25) is 0 Å². The molecule has 0 bridgehead atoms. The smallest absolute Gasteiger partial charge is 0.0224 e. The van der Waals surface area contributed by atoms with E-state index in [1.54, 1.807) is 0 Å². The highest BCUT2D eigenvalue weighted by molar-refractivity contribution is 7.16. The summed E-state index contributed by atoms with van der Waals surface area (Å²) in [6.45, 7) is 2.21. The summed E-state index contributed by atoms with van der Waals surface area (Å²) in [6.07, 6.45) is 5.54. The van der Waals surface area contributed by atoms with Crippen LogP contribution in [0.25, 0.3) is 6.08 Å². The Kier molecular flexibility index (Phi) is 4.04. The summed E-state index contributed by atoms with van der Waals surface area (Å²) in [7, 11) is 2.75. The highest BCUT2D eigenvalue weighted by atomic mass is 31.0. The monoisotopic (exact) mass is 178 g/mol. The minimum absolute atomic E-state index is 0.648. The Bertz CT molecular complexity index is 238. The van der Waals surface area contributed by atoms with E-state index in [2.05, 4.69) is 52.6 Å². The molecule has 64 valence electrons. The predicted molar refractivity (Wildman–Crippen MR) is 59.2 cm³/mol. The Morgan fingerprint density at radius 3 is 2.58 bits per heavy atom. The van der Waals surface area contributed by atoms with Crippen LogP contribution in [-0.4, -0.2) is 6.16 Å². The normalized spacial score (nSPS) is 13.5. The van der Waals surface area contributed by atoms with E-state index in [4.69, 9.17) is 0 Å². The molecule has 0 aliphatic rings. The molecule has 0 heterocycles. The molecule has 1 rings (SSSR count). The Labute approximate surface area is 76.9 Å². The average molecular weight is 178 g/mol. The maximum absolute atomic E-state index is 2.75. The van der Waals surface area contributed by atoms with Gasteiger partial charge in [-0.2, -0.15) is 0 Å². The van der Waals surface area contributed by atoms with Crippen molar-refractivity contribution < 1.29 is 0 Å². The van der Waals surface area contributed by atoms with Crippen LogP contribution in [-0.2, 0) is 0 Å². The highest BCUT2D eigenvalue weighted by Crippen LogP contribution is 2.06. The molecule has 1 aromatic rings. The zero-order chi connectivity index (χ0) is 8.81. The Hall–Kier alpha value is -0.610. The molecule has 12 heavy (non-hydrogen) atoms. The van der Waals surface area contributed by atoms with Crippen LogP contribution < -0.4 is 0 Å². The lowest BCUT2D eigenvalue weighted by atomic mass is 10.1. The van der Waals surface area contributed by atoms with E-state index in [1.165, 1.54) is 5.56 Å². The standard InChI is InChI=1S/C11H15P/c1-10(9-12)7-8-11-5-3-2-4-6-11/h2-8,10H,9,12H2,1H3. The number of benzene rings is 1. The summed E-state index contributed by atoms with van der Waals surface area (Å²) < 4.78 is 0. The number of hydrogen-bond donors (Lipinski definition) is 0. The first kappa shape index (κ1) is 9.48. The van der Waals surface area contributed by atoms with Gasteiger partial charge in [0.2, 0.25) is 0 Å². The van der Waals surface area contributed by atoms with Gasteiger partial charge in [0.15, 0.2) is 0 Å². The van der Waals surface area contributed by atoms with Gasteiger partial charge in [0.05, 0.1) is 0 Å². The summed E-state index contributed by atoms with van der Waals surface area (Å²) in [4.78, 5) is 0. The Morgan fingerprint density at radius 1 is 1.33 bits per heavy atom. The molecule has 0 spiro atoms. The first-order valence-corrected chi connectivity index (χ1v) is 5.08. The number of rotatable bonds is 3. The molecule has 0 nitrogen and oxygen atoms in total. The van der Waals surface area contributed by atoms with Crippen molar-refractivity contribution in [3.63, 3.8) is 0 Å². The molecule has 0 aromatic heterocycles.